The third kappa shape index (κ3) is 6.20. The first-order valence-electron chi connectivity index (χ1n) is 11.1. The minimum Gasteiger partial charge on any atom is -0.484 e. The molecule has 4 rings (SSSR count). The predicted molar refractivity (Wildman–Crippen MR) is 119 cm³/mol. The van der Waals surface area contributed by atoms with Crippen LogP contribution < -0.4 is 4.74 Å². The molecule has 7 nitrogen and oxygen atoms in total. The minimum absolute atomic E-state index is 0.131. The van der Waals surface area contributed by atoms with E-state index in [1.54, 1.807) is 13.0 Å². The Bertz CT molecular complexity index is 1150. The van der Waals surface area contributed by atoms with Crippen LogP contribution in [0.25, 0.3) is 0 Å². The number of aromatic nitrogens is 1. The molecule has 0 amide bonds. The second-order valence-corrected chi connectivity index (χ2v) is 8.35. The van der Waals surface area contributed by atoms with Crippen molar-refractivity contribution in [2.24, 2.45) is 0 Å². The zero-order valence-corrected chi connectivity index (χ0v) is 19.0. The highest BCUT2D eigenvalue weighted by Crippen LogP contribution is 2.31. The summed E-state index contributed by atoms with van der Waals surface area (Å²) < 4.78 is 55.7. The Labute approximate surface area is 200 Å². The van der Waals surface area contributed by atoms with E-state index in [0.29, 0.717) is 42.5 Å². The summed E-state index contributed by atoms with van der Waals surface area (Å²) in [7, 11) is 0. The van der Waals surface area contributed by atoms with Crippen LogP contribution in [0.15, 0.2) is 59.3 Å². The van der Waals surface area contributed by atoms with Crippen molar-refractivity contribution in [2.75, 3.05) is 19.8 Å². The highest BCUT2D eigenvalue weighted by atomic mass is 19.4. The Hall–Kier alpha value is -3.37. The fraction of sp³-hybridized carbons (Fsp3) is 0.360. The van der Waals surface area contributed by atoms with Gasteiger partial charge in [-0.2, -0.15) is 13.2 Å². The van der Waals surface area contributed by atoms with Gasteiger partial charge in [-0.05, 0) is 42.3 Å². The molecule has 186 valence electrons. The lowest BCUT2D eigenvalue weighted by Crippen LogP contribution is -2.49. The number of carbonyl (C=O) groups is 1. The molecule has 1 fully saturated rings. The molecule has 1 aromatic heterocycles. The van der Waals surface area contributed by atoms with E-state index in [-0.39, 0.29) is 13.0 Å². The molecule has 0 spiro atoms. The molecule has 1 aliphatic rings. The van der Waals surface area contributed by atoms with Crippen LogP contribution in [0.5, 0.6) is 5.75 Å². The third-order valence-corrected chi connectivity index (χ3v) is 5.88. The second kappa shape index (κ2) is 10.5. The minimum atomic E-state index is -4.41. The molecule has 1 saturated heterocycles. The lowest BCUT2D eigenvalue weighted by atomic mass is 10.0. The lowest BCUT2D eigenvalue weighted by Gasteiger charge is -2.32. The van der Waals surface area contributed by atoms with Gasteiger partial charge >= 0.3 is 12.1 Å². The third-order valence-electron chi connectivity index (χ3n) is 5.88. The number of oxazole rings is 1. The van der Waals surface area contributed by atoms with E-state index in [1.165, 1.54) is 18.5 Å². The molecule has 3 aromatic rings. The Balaban J connectivity index is 1.53. The fourth-order valence-corrected chi connectivity index (χ4v) is 4.03. The highest BCUT2D eigenvalue weighted by molar-refractivity contribution is 5.73. The van der Waals surface area contributed by atoms with Gasteiger partial charge in [0.15, 0.2) is 6.39 Å². The van der Waals surface area contributed by atoms with E-state index in [1.807, 2.05) is 23.1 Å². The number of halogens is 3. The zero-order chi connectivity index (χ0) is 25.0. The molecule has 0 bridgehead atoms. The van der Waals surface area contributed by atoms with Crippen molar-refractivity contribution in [2.45, 2.75) is 38.2 Å². The maximum Gasteiger partial charge on any atom is 0.416 e. The fourth-order valence-electron chi connectivity index (χ4n) is 4.03. The topological polar surface area (TPSA) is 85.0 Å². The van der Waals surface area contributed by atoms with Crippen LogP contribution >= 0.6 is 0 Å². The molecule has 35 heavy (non-hydrogen) atoms. The number of hydrogen-bond donors (Lipinski definition) is 1. The van der Waals surface area contributed by atoms with Crippen LogP contribution in [-0.4, -0.2) is 46.8 Å². The summed E-state index contributed by atoms with van der Waals surface area (Å²) in [6, 6.07) is 11.5. The number of morpholine rings is 1. The number of ether oxygens (including phenoxy) is 2. The Morgan fingerprint density at radius 1 is 1.23 bits per heavy atom. The van der Waals surface area contributed by atoms with Gasteiger partial charge in [0.05, 0.1) is 18.8 Å². The van der Waals surface area contributed by atoms with Crippen LogP contribution in [0.3, 0.4) is 0 Å². The second-order valence-electron chi connectivity index (χ2n) is 8.35. The largest absolute Gasteiger partial charge is 0.484 e. The molecule has 1 N–H and O–H groups in total. The van der Waals surface area contributed by atoms with Gasteiger partial charge in [-0.1, -0.05) is 24.3 Å². The van der Waals surface area contributed by atoms with Gasteiger partial charge in [0, 0.05) is 19.5 Å². The van der Waals surface area contributed by atoms with Gasteiger partial charge in [0.2, 0.25) is 0 Å². The van der Waals surface area contributed by atoms with Crippen molar-refractivity contribution >= 4 is 5.97 Å². The maximum atomic E-state index is 12.9. The summed E-state index contributed by atoms with van der Waals surface area (Å²) in [5.41, 5.74) is 1.35. The number of carboxylic acid groups (broad SMARTS) is 1. The zero-order valence-electron chi connectivity index (χ0n) is 19.0. The van der Waals surface area contributed by atoms with Crippen LogP contribution in [0.1, 0.15) is 34.2 Å². The number of aryl methyl sites for hydroxylation is 1. The van der Waals surface area contributed by atoms with Gasteiger partial charge in [0.1, 0.15) is 29.3 Å². The number of alkyl halides is 3. The number of carboxylic acids is 1. The van der Waals surface area contributed by atoms with Crippen LogP contribution in [0.2, 0.25) is 0 Å². The van der Waals surface area contributed by atoms with Crippen LogP contribution in [0.4, 0.5) is 13.2 Å². The standard InChI is InChI=1S/C25H25F3N2O5/c1-16-23(29-15-34-16)22(12-17-5-7-19(8-6-17)25(26,27)28)35-20-4-2-3-18(11-20)13-30-9-10-33-14-21(30)24(31)32/h2-8,11,15,21-22H,9-10,12-14H2,1H3,(H,31,32). The van der Waals surface area contributed by atoms with Gasteiger partial charge < -0.3 is 19.0 Å². The molecule has 10 heteroatoms. The van der Waals surface area contributed by atoms with Gasteiger partial charge in [-0.25, -0.2) is 4.98 Å². The molecular weight excluding hydrogens is 465 g/mol. The van der Waals surface area contributed by atoms with Gasteiger partial charge in [-0.15, -0.1) is 0 Å². The molecule has 2 unspecified atom stereocenters. The Morgan fingerprint density at radius 2 is 2.00 bits per heavy atom. The van der Waals surface area contributed by atoms with Crippen molar-refractivity contribution in [1.29, 1.82) is 0 Å². The lowest BCUT2D eigenvalue weighted by molar-refractivity contribution is -0.150. The van der Waals surface area contributed by atoms with Crippen molar-refractivity contribution < 1.29 is 37.0 Å². The molecule has 2 aromatic carbocycles. The molecule has 2 atom stereocenters. The molecule has 2 heterocycles. The van der Waals surface area contributed by atoms with E-state index >= 15 is 0 Å². The smallest absolute Gasteiger partial charge is 0.416 e. The molecule has 1 aliphatic heterocycles. The summed E-state index contributed by atoms with van der Waals surface area (Å²) in [6.07, 6.45) is -3.43. The monoisotopic (exact) mass is 490 g/mol. The SMILES string of the molecule is Cc1ocnc1C(Cc1ccc(C(F)(F)F)cc1)Oc1cccc(CN2CCOCC2C(=O)O)c1. The molecule has 0 aliphatic carbocycles. The van der Waals surface area contributed by atoms with E-state index in [4.69, 9.17) is 13.9 Å². The average molecular weight is 490 g/mol. The number of nitrogens with zero attached hydrogens (tertiary/aromatic N) is 2. The summed E-state index contributed by atoms with van der Waals surface area (Å²) in [5.74, 6) is 0.146. The van der Waals surface area contributed by atoms with Gasteiger partial charge in [0.25, 0.3) is 0 Å². The first-order chi connectivity index (χ1) is 16.7. The van der Waals surface area contributed by atoms with E-state index in [2.05, 4.69) is 4.98 Å². The van der Waals surface area contributed by atoms with Crippen molar-refractivity contribution in [3.05, 3.63) is 83.1 Å². The first-order valence-corrected chi connectivity index (χ1v) is 11.1. The van der Waals surface area contributed by atoms with E-state index < -0.39 is 29.9 Å². The first kappa shape index (κ1) is 24.7. The number of aliphatic carboxylic acids is 1. The summed E-state index contributed by atoms with van der Waals surface area (Å²) >= 11 is 0. The van der Waals surface area contributed by atoms with E-state index in [9.17, 15) is 23.1 Å². The van der Waals surface area contributed by atoms with Crippen molar-refractivity contribution in [3.63, 3.8) is 0 Å². The van der Waals surface area contributed by atoms with E-state index in [0.717, 1.165) is 17.7 Å². The number of hydrogen-bond acceptors (Lipinski definition) is 6. The maximum absolute atomic E-state index is 12.9. The highest BCUT2D eigenvalue weighted by Gasteiger charge is 2.31. The Kier molecular flexibility index (Phi) is 7.42. The van der Waals surface area contributed by atoms with Crippen LogP contribution in [0, 0.1) is 6.92 Å². The predicted octanol–water partition coefficient (Wildman–Crippen LogP) is 4.65. The number of rotatable bonds is 8. The molecule has 0 saturated carbocycles. The normalized spacial score (nSPS) is 17.8. The quantitative estimate of drug-likeness (QED) is 0.492. The van der Waals surface area contributed by atoms with Crippen molar-refractivity contribution in [1.82, 2.24) is 9.88 Å². The molecular formula is C25H25F3N2O5. The number of benzene rings is 2. The molecule has 0 radical (unpaired) electrons. The average Bonchev–Trinajstić information content (AvgIpc) is 3.25. The summed E-state index contributed by atoms with van der Waals surface area (Å²) in [5, 5.41) is 9.47. The van der Waals surface area contributed by atoms with Crippen molar-refractivity contribution in [3.8, 4) is 5.75 Å². The van der Waals surface area contributed by atoms with Crippen LogP contribution in [-0.2, 0) is 28.7 Å². The Morgan fingerprint density at radius 3 is 2.66 bits per heavy atom. The summed E-state index contributed by atoms with van der Waals surface area (Å²) in [4.78, 5) is 17.6. The van der Waals surface area contributed by atoms with Gasteiger partial charge in [-0.3, -0.25) is 9.69 Å². The summed E-state index contributed by atoms with van der Waals surface area (Å²) in [6.45, 7) is 3.24.